The highest BCUT2D eigenvalue weighted by molar-refractivity contribution is 9.10. The Morgan fingerprint density at radius 2 is 1.66 bits per heavy atom. The number of amides is 2. The van der Waals surface area contributed by atoms with E-state index in [4.69, 9.17) is 11.6 Å². The summed E-state index contributed by atoms with van der Waals surface area (Å²) in [5, 5.41) is 0.424. The van der Waals surface area contributed by atoms with E-state index < -0.39 is 0 Å². The van der Waals surface area contributed by atoms with Crippen LogP contribution in [0.1, 0.15) is 15.9 Å². The molecule has 1 saturated heterocycles. The van der Waals surface area contributed by atoms with Crippen LogP contribution in [0, 0.1) is 5.82 Å². The zero-order chi connectivity index (χ0) is 20.8. The molecule has 0 unspecified atom stereocenters. The number of benzene rings is 2. The number of hydrogen-bond donors (Lipinski definition) is 2. The number of hydrazine groups is 1. The van der Waals surface area contributed by atoms with Gasteiger partial charge in [0.05, 0.1) is 6.54 Å². The van der Waals surface area contributed by atoms with Gasteiger partial charge in [-0.3, -0.25) is 30.2 Å². The first-order valence-corrected chi connectivity index (χ1v) is 10.3. The SMILES string of the molecule is O=C(CN1CCN(Cc2c(F)cccc2Cl)CC1)NNC(=O)c1ccc(Br)cc1. The van der Waals surface area contributed by atoms with Crippen LogP contribution in [0.2, 0.25) is 5.02 Å². The van der Waals surface area contributed by atoms with Crippen molar-refractivity contribution < 1.29 is 14.0 Å². The second kappa shape index (κ2) is 10.2. The highest BCUT2D eigenvalue weighted by atomic mass is 79.9. The first-order valence-electron chi connectivity index (χ1n) is 9.15. The van der Waals surface area contributed by atoms with Gasteiger partial charge in [0.2, 0.25) is 0 Å². The molecule has 2 aromatic carbocycles. The number of carbonyl (C=O) groups is 2. The minimum Gasteiger partial charge on any atom is -0.296 e. The van der Waals surface area contributed by atoms with Gasteiger partial charge in [-0.05, 0) is 36.4 Å². The molecule has 0 radical (unpaired) electrons. The van der Waals surface area contributed by atoms with Crippen LogP contribution in [-0.2, 0) is 11.3 Å². The Balaban J connectivity index is 1.40. The third kappa shape index (κ3) is 6.24. The summed E-state index contributed by atoms with van der Waals surface area (Å²) in [6.07, 6.45) is 0. The quantitative estimate of drug-likeness (QED) is 0.642. The molecule has 1 heterocycles. The number of nitrogens with one attached hydrogen (secondary N) is 2. The molecule has 0 aliphatic carbocycles. The summed E-state index contributed by atoms with van der Waals surface area (Å²) >= 11 is 9.40. The van der Waals surface area contributed by atoms with Crippen LogP contribution < -0.4 is 10.9 Å². The topological polar surface area (TPSA) is 64.7 Å². The second-order valence-corrected chi connectivity index (χ2v) is 8.08. The van der Waals surface area contributed by atoms with Gasteiger partial charge in [0.1, 0.15) is 5.82 Å². The van der Waals surface area contributed by atoms with E-state index >= 15 is 0 Å². The maximum atomic E-state index is 13.9. The van der Waals surface area contributed by atoms with E-state index in [0.717, 1.165) is 4.47 Å². The molecule has 2 amide bonds. The second-order valence-electron chi connectivity index (χ2n) is 6.76. The summed E-state index contributed by atoms with van der Waals surface area (Å²) in [6.45, 7) is 3.34. The first-order chi connectivity index (χ1) is 13.9. The van der Waals surface area contributed by atoms with Gasteiger partial charge in [0.25, 0.3) is 11.8 Å². The number of rotatable bonds is 5. The lowest BCUT2D eigenvalue weighted by Crippen LogP contribution is -2.51. The average molecular weight is 484 g/mol. The molecule has 1 aliphatic rings. The Kier molecular flexibility index (Phi) is 7.60. The van der Waals surface area contributed by atoms with Crippen molar-refractivity contribution in [2.75, 3.05) is 32.7 Å². The summed E-state index contributed by atoms with van der Waals surface area (Å²) in [4.78, 5) is 28.2. The van der Waals surface area contributed by atoms with Gasteiger partial charge >= 0.3 is 0 Å². The molecule has 1 fully saturated rings. The Morgan fingerprint density at radius 3 is 2.31 bits per heavy atom. The van der Waals surface area contributed by atoms with E-state index in [1.54, 1.807) is 36.4 Å². The van der Waals surface area contributed by atoms with Gasteiger partial charge < -0.3 is 0 Å². The largest absolute Gasteiger partial charge is 0.296 e. The van der Waals surface area contributed by atoms with Crippen molar-refractivity contribution in [2.45, 2.75) is 6.54 Å². The predicted octanol–water partition coefficient (Wildman–Crippen LogP) is 2.82. The molecule has 154 valence electrons. The molecule has 29 heavy (non-hydrogen) atoms. The molecule has 0 bridgehead atoms. The number of piperazine rings is 1. The maximum Gasteiger partial charge on any atom is 0.269 e. The third-order valence-electron chi connectivity index (χ3n) is 4.70. The van der Waals surface area contributed by atoms with E-state index in [9.17, 15) is 14.0 Å². The number of carbonyl (C=O) groups excluding carboxylic acids is 2. The lowest BCUT2D eigenvalue weighted by molar-refractivity contribution is -0.123. The third-order valence-corrected chi connectivity index (χ3v) is 5.58. The molecule has 3 rings (SSSR count). The van der Waals surface area contributed by atoms with Crippen LogP contribution in [0.4, 0.5) is 4.39 Å². The monoisotopic (exact) mass is 482 g/mol. The fourth-order valence-corrected chi connectivity index (χ4v) is 3.54. The van der Waals surface area contributed by atoms with Crippen LogP contribution >= 0.6 is 27.5 Å². The normalized spacial score (nSPS) is 15.1. The van der Waals surface area contributed by atoms with E-state index in [1.165, 1.54) is 6.07 Å². The molecule has 0 saturated carbocycles. The fraction of sp³-hybridized carbons (Fsp3) is 0.300. The van der Waals surface area contributed by atoms with Gasteiger partial charge in [-0.15, -0.1) is 0 Å². The molecular formula is C20H21BrClFN4O2. The minimum absolute atomic E-state index is 0.176. The highest BCUT2D eigenvalue weighted by Crippen LogP contribution is 2.21. The summed E-state index contributed by atoms with van der Waals surface area (Å²) in [6, 6.07) is 11.5. The smallest absolute Gasteiger partial charge is 0.269 e. The predicted molar refractivity (Wildman–Crippen MR) is 113 cm³/mol. The Labute approximate surface area is 182 Å². The van der Waals surface area contributed by atoms with E-state index in [-0.39, 0.29) is 24.2 Å². The summed E-state index contributed by atoms with van der Waals surface area (Å²) in [5.74, 6) is -0.973. The van der Waals surface area contributed by atoms with Crippen LogP contribution in [-0.4, -0.2) is 54.3 Å². The molecule has 1 aliphatic heterocycles. The molecule has 0 atom stereocenters. The minimum atomic E-state index is -0.377. The molecule has 0 spiro atoms. The van der Waals surface area contributed by atoms with Gasteiger partial charge in [-0.25, -0.2) is 4.39 Å². The lowest BCUT2D eigenvalue weighted by atomic mass is 10.2. The summed E-state index contributed by atoms with van der Waals surface area (Å²) in [5.41, 5.74) is 5.80. The van der Waals surface area contributed by atoms with Crippen molar-refractivity contribution in [1.82, 2.24) is 20.7 Å². The van der Waals surface area contributed by atoms with Crippen molar-refractivity contribution in [1.29, 1.82) is 0 Å². The van der Waals surface area contributed by atoms with Gasteiger partial charge in [-0.2, -0.15) is 0 Å². The number of halogens is 3. The Morgan fingerprint density at radius 1 is 1.00 bits per heavy atom. The van der Waals surface area contributed by atoms with Gasteiger partial charge in [-0.1, -0.05) is 33.6 Å². The van der Waals surface area contributed by atoms with Crippen molar-refractivity contribution in [3.8, 4) is 0 Å². The average Bonchev–Trinajstić information content (AvgIpc) is 2.71. The van der Waals surface area contributed by atoms with E-state index in [1.807, 2.05) is 4.90 Å². The molecule has 9 heteroatoms. The highest BCUT2D eigenvalue weighted by Gasteiger charge is 2.21. The zero-order valence-corrected chi connectivity index (χ0v) is 18.0. The summed E-state index contributed by atoms with van der Waals surface area (Å²) < 4.78 is 14.8. The Bertz CT molecular complexity index is 853. The van der Waals surface area contributed by atoms with Crippen molar-refractivity contribution in [2.24, 2.45) is 0 Å². The zero-order valence-electron chi connectivity index (χ0n) is 15.6. The molecule has 0 aromatic heterocycles. The van der Waals surface area contributed by atoms with Gasteiger partial charge in [0.15, 0.2) is 0 Å². The van der Waals surface area contributed by atoms with E-state index in [0.29, 0.717) is 48.9 Å². The van der Waals surface area contributed by atoms with Crippen molar-refractivity contribution in [3.63, 3.8) is 0 Å². The Hall–Kier alpha value is -2.00. The lowest BCUT2D eigenvalue weighted by Gasteiger charge is -2.34. The fourth-order valence-electron chi connectivity index (χ4n) is 3.06. The van der Waals surface area contributed by atoms with Crippen LogP contribution in [0.25, 0.3) is 0 Å². The van der Waals surface area contributed by atoms with Gasteiger partial charge in [0, 0.05) is 53.3 Å². The van der Waals surface area contributed by atoms with E-state index in [2.05, 4.69) is 31.7 Å². The number of nitrogens with zero attached hydrogens (tertiary/aromatic N) is 2. The number of hydrogen-bond acceptors (Lipinski definition) is 4. The van der Waals surface area contributed by atoms with Crippen LogP contribution in [0.3, 0.4) is 0 Å². The molecular weight excluding hydrogens is 463 g/mol. The molecule has 2 N–H and O–H groups in total. The first kappa shape index (κ1) is 21.7. The van der Waals surface area contributed by atoms with Crippen molar-refractivity contribution >= 4 is 39.3 Å². The van der Waals surface area contributed by atoms with Crippen LogP contribution in [0.5, 0.6) is 0 Å². The standard InChI is InChI=1S/C20H21BrClFN4O2/c21-15-6-4-14(5-7-15)20(29)25-24-19(28)13-27-10-8-26(9-11-27)12-16-17(22)2-1-3-18(16)23/h1-7H,8-13H2,(H,24,28)(H,25,29). The maximum absolute atomic E-state index is 13.9. The van der Waals surface area contributed by atoms with Crippen molar-refractivity contribution in [3.05, 3.63) is 68.9 Å². The van der Waals surface area contributed by atoms with Crippen LogP contribution in [0.15, 0.2) is 46.9 Å². The molecule has 2 aromatic rings. The summed E-state index contributed by atoms with van der Waals surface area (Å²) in [7, 11) is 0. The molecule has 6 nitrogen and oxygen atoms in total.